The van der Waals surface area contributed by atoms with Crippen LogP contribution in [0.2, 0.25) is 0 Å². The zero-order valence-electron chi connectivity index (χ0n) is 26.8. The highest BCUT2D eigenvalue weighted by Crippen LogP contribution is 2.59. The molecular weight excluding hydrogens is 558 g/mol. The minimum atomic E-state index is -1.05. The molecule has 9 heteroatoms. The maximum atomic E-state index is 14.5. The second kappa shape index (κ2) is 15.2. The summed E-state index contributed by atoms with van der Waals surface area (Å²) in [7, 11) is 0. The van der Waals surface area contributed by atoms with Crippen molar-refractivity contribution in [1.29, 1.82) is 0 Å². The second-order valence-electron chi connectivity index (χ2n) is 12.3. The number of aliphatic hydroxyl groups is 1. The van der Waals surface area contributed by atoms with Crippen LogP contribution in [0.25, 0.3) is 0 Å². The van der Waals surface area contributed by atoms with E-state index < -0.39 is 29.6 Å². The van der Waals surface area contributed by atoms with Crippen molar-refractivity contribution >= 4 is 23.4 Å². The Balaban J connectivity index is 1.69. The smallest absolute Gasteiger partial charge is 0.248 e. The van der Waals surface area contributed by atoms with Crippen molar-refractivity contribution in [3.05, 3.63) is 49.6 Å². The van der Waals surface area contributed by atoms with Crippen molar-refractivity contribution in [2.75, 3.05) is 37.7 Å². The van der Waals surface area contributed by atoms with Crippen molar-refractivity contribution in [1.82, 2.24) is 9.80 Å². The lowest BCUT2D eigenvalue weighted by molar-refractivity contribution is -0.149. The van der Waals surface area contributed by atoms with Crippen LogP contribution in [-0.4, -0.2) is 89.3 Å². The fourth-order valence-electron chi connectivity index (χ4n) is 7.58. The molecule has 3 saturated heterocycles. The van der Waals surface area contributed by atoms with Gasteiger partial charge in [-0.05, 0) is 70.2 Å². The van der Waals surface area contributed by atoms with Crippen LogP contribution in [0.3, 0.4) is 0 Å². The topological polar surface area (TPSA) is 99.6 Å². The summed E-state index contributed by atoms with van der Waals surface area (Å²) in [5.74, 6) is -1.19. The third-order valence-corrected chi connectivity index (χ3v) is 9.51. The van der Waals surface area contributed by atoms with Gasteiger partial charge in [0.2, 0.25) is 17.7 Å². The normalized spacial score (nSPS) is 25.9. The number of likely N-dealkylation sites (tertiary alicyclic amines) is 1. The van der Waals surface area contributed by atoms with E-state index in [4.69, 9.17) is 9.47 Å². The number of rotatable bonds is 18. The molecular formula is C35H51N3O6. The van der Waals surface area contributed by atoms with E-state index in [1.807, 2.05) is 43.0 Å². The number of unbranched alkanes of at least 4 members (excludes halogenated alkanes) is 3. The molecule has 3 fully saturated rings. The van der Waals surface area contributed by atoms with Gasteiger partial charge >= 0.3 is 0 Å². The molecule has 1 spiro atoms. The molecule has 1 aromatic carbocycles. The van der Waals surface area contributed by atoms with Crippen molar-refractivity contribution in [3.8, 4) is 5.75 Å². The summed E-state index contributed by atoms with van der Waals surface area (Å²) < 4.78 is 12.3. The van der Waals surface area contributed by atoms with E-state index in [1.54, 1.807) is 22.0 Å². The molecule has 0 saturated carbocycles. The number of fused-ring (bicyclic) bond motifs is 1. The first-order chi connectivity index (χ1) is 21.3. The van der Waals surface area contributed by atoms with E-state index in [9.17, 15) is 19.5 Å². The summed E-state index contributed by atoms with van der Waals surface area (Å²) in [6.45, 7) is 15.6. The number of carbonyl (C=O) groups excluding carboxylic acids is 3. The highest BCUT2D eigenvalue weighted by molar-refractivity contribution is 6.03. The molecule has 3 aliphatic rings. The van der Waals surface area contributed by atoms with E-state index in [2.05, 4.69) is 20.1 Å². The van der Waals surface area contributed by atoms with Gasteiger partial charge in [-0.2, -0.15) is 0 Å². The Morgan fingerprint density at radius 1 is 1.11 bits per heavy atom. The lowest BCUT2D eigenvalue weighted by Gasteiger charge is -2.39. The van der Waals surface area contributed by atoms with Crippen LogP contribution in [0.1, 0.15) is 72.1 Å². The molecule has 3 unspecified atom stereocenters. The minimum absolute atomic E-state index is 0.0266. The number of ether oxygens (including phenoxy) is 2. The van der Waals surface area contributed by atoms with Gasteiger partial charge < -0.3 is 29.3 Å². The Morgan fingerprint density at radius 3 is 2.45 bits per heavy atom. The molecule has 1 aromatic rings. The summed E-state index contributed by atoms with van der Waals surface area (Å²) in [6, 6.07) is 6.54. The molecule has 6 atom stereocenters. The third kappa shape index (κ3) is 6.45. The van der Waals surface area contributed by atoms with Gasteiger partial charge in [0.1, 0.15) is 17.4 Å². The fraction of sp³-hybridized carbons (Fsp3) is 0.629. The van der Waals surface area contributed by atoms with Crippen LogP contribution in [0, 0.1) is 11.8 Å². The number of benzene rings is 1. The van der Waals surface area contributed by atoms with E-state index >= 15 is 0 Å². The van der Waals surface area contributed by atoms with Crippen molar-refractivity contribution in [3.63, 3.8) is 0 Å². The van der Waals surface area contributed by atoms with Crippen LogP contribution < -0.4 is 9.64 Å². The van der Waals surface area contributed by atoms with Gasteiger partial charge in [0.05, 0.1) is 24.5 Å². The van der Waals surface area contributed by atoms with Crippen LogP contribution >= 0.6 is 0 Å². The number of anilines is 1. The van der Waals surface area contributed by atoms with Gasteiger partial charge in [-0.1, -0.05) is 38.3 Å². The molecule has 44 heavy (non-hydrogen) atoms. The Kier molecular flexibility index (Phi) is 11.7. The molecule has 0 radical (unpaired) electrons. The first-order valence-electron chi connectivity index (χ1n) is 16.4. The first-order valence-corrected chi connectivity index (χ1v) is 16.4. The molecule has 9 nitrogen and oxygen atoms in total. The maximum absolute atomic E-state index is 14.5. The van der Waals surface area contributed by atoms with Gasteiger partial charge in [0.25, 0.3) is 0 Å². The van der Waals surface area contributed by atoms with Gasteiger partial charge in [-0.15, -0.1) is 13.2 Å². The quantitative estimate of drug-likeness (QED) is 0.191. The molecule has 2 bridgehead atoms. The van der Waals surface area contributed by atoms with E-state index in [1.165, 1.54) is 0 Å². The number of carbonyl (C=O) groups is 3. The van der Waals surface area contributed by atoms with Gasteiger partial charge in [0, 0.05) is 38.0 Å². The third-order valence-electron chi connectivity index (χ3n) is 9.51. The molecule has 3 amide bonds. The van der Waals surface area contributed by atoms with Crippen LogP contribution in [-0.2, 0) is 19.1 Å². The van der Waals surface area contributed by atoms with E-state index in [0.29, 0.717) is 56.8 Å². The van der Waals surface area contributed by atoms with Crippen molar-refractivity contribution in [2.45, 2.75) is 95.9 Å². The number of aliphatic hydroxyl groups excluding tert-OH is 1. The molecule has 0 aliphatic carbocycles. The van der Waals surface area contributed by atoms with E-state index in [-0.39, 0.29) is 36.9 Å². The van der Waals surface area contributed by atoms with Crippen molar-refractivity contribution < 1.29 is 29.0 Å². The molecule has 1 N–H and O–H groups in total. The highest BCUT2D eigenvalue weighted by atomic mass is 16.5. The van der Waals surface area contributed by atoms with Crippen molar-refractivity contribution in [2.24, 2.45) is 11.8 Å². The molecule has 242 valence electrons. The molecule has 3 aliphatic heterocycles. The monoisotopic (exact) mass is 609 g/mol. The summed E-state index contributed by atoms with van der Waals surface area (Å²) in [6.07, 6.45) is 9.01. The predicted molar refractivity (Wildman–Crippen MR) is 171 cm³/mol. The summed E-state index contributed by atoms with van der Waals surface area (Å²) in [5, 5.41) is 9.22. The van der Waals surface area contributed by atoms with Gasteiger partial charge in [-0.3, -0.25) is 14.4 Å². The minimum Gasteiger partial charge on any atom is -0.494 e. The number of nitrogens with zero attached hydrogens (tertiary/aromatic N) is 3. The molecule has 4 rings (SSSR count). The zero-order chi connectivity index (χ0) is 31.9. The average Bonchev–Trinajstić information content (AvgIpc) is 3.66. The molecule has 0 aromatic heterocycles. The van der Waals surface area contributed by atoms with Gasteiger partial charge in [0.15, 0.2) is 0 Å². The van der Waals surface area contributed by atoms with Crippen LogP contribution in [0.5, 0.6) is 5.75 Å². The number of amides is 3. The first kappa shape index (κ1) is 33.7. The van der Waals surface area contributed by atoms with Crippen LogP contribution in [0.15, 0.2) is 49.6 Å². The number of hydrogen-bond donors (Lipinski definition) is 1. The Hall–Kier alpha value is -3.17. The lowest BCUT2D eigenvalue weighted by Crippen LogP contribution is -2.58. The zero-order valence-corrected chi connectivity index (χ0v) is 26.8. The summed E-state index contributed by atoms with van der Waals surface area (Å²) >= 11 is 0. The average molecular weight is 610 g/mol. The van der Waals surface area contributed by atoms with E-state index in [0.717, 1.165) is 25.7 Å². The largest absolute Gasteiger partial charge is 0.494 e. The fourth-order valence-corrected chi connectivity index (χ4v) is 7.58. The van der Waals surface area contributed by atoms with Gasteiger partial charge in [-0.25, -0.2) is 0 Å². The SMILES string of the molecule is C=CCN(C(=O)[C@@H]1[C@@H]2CCC3(O2)C(C(=O)N(CC=C)C(C)CCC)N(CCCCCCO)C(=O)[C@H]13)c1ccc(OCC)cc1. The summed E-state index contributed by atoms with van der Waals surface area (Å²) in [4.78, 5) is 48.6. The second-order valence-corrected chi connectivity index (χ2v) is 12.3. The lowest BCUT2D eigenvalue weighted by atomic mass is 9.70. The summed E-state index contributed by atoms with van der Waals surface area (Å²) in [5.41, 5.74) is -0.353. The number of hydrogen-bond acceptors (Lipinski definition) is 6. The van der Waals surface area contributed by atoms with Crippen LogP contribution in [0.4, 0.5) is 5.69 Å². The standard InChI is InChI=1S/C35H51N3O6/c1-6-14-25(5)36(21-7-2)34(42)31-35-20-19-28(44-35)29(30(35)33(41)38(31)23-12-10-11-13-24-39)32(40)37(22-8-3)26-15-17-27(18-16-26)43-9-4/h7-8,15-18,25,28-31,39H,2-3,6,9-14,19-24H2,1,4-5H3/t25?,28-,29+,30-,31?,35?/m0/s1. The molecule has 3 heterocycles. The Bertz CT molecular complexity index is 1170. The Morgan fingerprint density at radius 2 is 1.82 bits per heavy atom. The Labute approximate surface area is 262 Å². The maximum Gasteiger partial charge on any atom is 0.248 e. The predicted octanol–water partition coefficient (Wildman–Crippen LogP) is 4.73. The highest BCUT2D eigenvalue weighted by Gasteiger charge is 2.75.